The van der Waals surface area contributed by atoms with E-state index in [-0.39, 0.29) is 5.75 Å². The van der Waals surface area contributed by atoms with E-state index in [2.05, 4.69) is 22.1 Å². The number of hydrogen-bond donors (Lipinski definition) is 2. The van der Waals surface area contributed by atoms with Gasteiger partial charge in [-0.05, 0) is 6.42 Å². The van der Waals surface area contributed by atoms with Crippen LogP contribution in [0.1, 0.15) is 19.8 Å². The van der Waals surface area contributed by atoms with Gasteiger partial charge in [0.05, 0.1) is 0 Å². The zero-order valence-electron chi connectivity index (χ0n) is 12.0. The Balaban J connectivity index is 2.87. The molecule has 3 nitrogen and oxygen atoms in total. The summed E-state index contributed by atoms with van der Waals surface area (Å²) < 4.78 is 72.9. The summed E-state index contributed by atoms with van der Waals surface area (Å²) in [6.45, 7) is 1.97. The van der Waals surface area contributed by atoms with E-state index in [1.165, 1.54) is 11.9 Å². The van der Waals surface area contributed by atoms with Crippen LogP contribution in [0.4, 0.5) is 22.0 Å². The first-order valence-corrected chi connectivity index (χ1v) is 8.18. The van der Waals surface area contributed by atoms with Gasteiger partial charge in [-0.1, -0.05) is 25.3 Å². The van der Waals surface area contributed by atoms with Gasteiger partial charge in [-0.3, -0.25) is 0 Å². The first-order valence-electron chi connectivity index (χ1n) is 6.56. The van der Waals surface area contributed by atoms with Gasteiger partial charge in [0.1, 0.15) is 6.04 Å². The molecule has 0 saturated heterocycles. The average Bonchev–Trinajstić information content (AvgIpc) is 2.55. The lowest BCUT2D eigenvalue weighted by Crippen LogP contribution is -2.38. The second-order valence-electron chi connectivity index (χ2n) is 4.38. The summed E-state index contributed by atoms with van der Waals surface area (Å²) in [5.41, 5.74) is 0. The van der Waals surface area contributed by atoms with Crippen LogP contribution in [0.15, 0.2) is 0 Å². The van der Waals surface area contributed by atoms with Crippen molar-refractivity contribution in [3.63, 3.8) is 0 Å². The fourth-order valence-electron chi connectivity index (χ4n) is 1.38. The number of carbonyl (C=O) groups excluding carboxylic acids is 1. The van der Waals surface area contributed by atoms with E-state index in [9.17, 15) is 26.7 Å². The van der Waals surface area contributed by atoms with Crippen molar-refractivity contribution in [2.75, 3.05) is 11.5 Å². The second-order valence-corrected chi connectivity index (χ2v) is 5.67. The Labute approximate surface area is 139 Å². The summed E-state index contributed by atoms with van der Waals surface area (Å²) in [5.74, 6) is -13.3. The van der Waals surface area contributed by atoms with Crippen LogP contribution in [-0.4, -0.2) is 23.5 Å². The number of thiol groups is 1. The lowest BCUT2D eigenvalue weighted by Gasteiger charge is -2.15. The van der Waals surface area contributed by atoms with Gasteiger partial charge in [-0.15, -0.1) is 0 Å². The maximum absolute atomic E-state index is 13.4. The third-order valence-electron chi connectivity index (χ3n) is 2.66. The zero-order chi connectivity index (χ0) is 17.6. The predicted molar refractivity (Wildman–Crippen MR) is 80.0 cm³/mol. The van der Waals surface area contributed by atoms with Crippen LogP contribution in [0.2, 0.25) is 0 Å². The first-order chi connectivity index (χ1) is 10.8. The summed E-state index contributed by atoms with van der Waals surface area (Å²) in [6.07, 6.45) is 1.79. The quantitative estimate of drug-likeness (QED) is 0.106. The van der Waals surface area contributed by atoms with Crippen molar-refractivity contribution in [1.29, 1.82) is 0 Å². The van der Waals surface area contributed by atoms with Crippen molar-refractivity contribution in [3.8, 4) is 5.75 Å². The van der Waals surface area contributed by atoms with Crippen LogP contribution in [0, 0.1) is 29.1 Å². The number of nitrogens with one attached hydrogen (secondary N) is 1. The van der Waals surface area contributed by atoms with Crippen LogP contribution in [0.3, 0.4) is 0 Å². The van der Waals surface area contributed by atoms with E-state index in [1.807, 2.05) is 6.92 Å². The van der Waals surface area contributed by atoms with Crippen molar-refractivity contribution in [1.82, 2.24) is 4.72 Å². The topological polar surface area (TPSA) is 38.3 Å². The Morgan fingerprint density at radius 3 is 2.13 bits per heavy atom. The second kappa shape index (κ2) is 9.33. The Bertz CT molecular complexity index is 545. The van der Waals surface area contributed by atoms with Crippen LogP contribution in [0.5, 0.6) is 5.75 Å². The number of hydrogen-bond acceptors (Lipinski definition) is 5. The molecule has 0 unspecified atom stereocenters. The SMILES string of the molecule is CCCCSN[C@@H](CS)C(=O)Oc1c(F)c(F)c(F)c(F)c1F. The van der Waals surface area contributed by atoms with Crippen molar-refractivity contribution >= 4 is 30.5 Å². The lowest BCUT2D eigenvalue weighted by molar-refractivity contribution is -0.136. The number of benzene rings is 1. The van der Waals surface area contributed by atoms with Gasteiger partial charge < -0.3 is 4.74 Å². The number of halogens is 5. The Morgan fingerprint density at radius 1 is 1.13 bits per heavy atom. The van der Waals surface area contributed by atoms with E-state index in [4.69, 9.17) is 0 Å². The number of unbranched alkanes of at least 4 members (excludes halogenated alkanes) is 1. The number of rotatable bonds is 8. The van der Waals surface area contributed by atoms with Crippen LogP contribution >= 0.6 is 24.6 Å². The molecule has 0 aliphatic rings. The molecular weight excluding hydrogens is 361 g/mol. The lowest BCUT2D eigenvalue weighted by atomic mass is 10.2. The molecule has 0 aromatic heterocycles. The smallest absolute Gasteiger partial charge is 0.330 e. The third kappa shape index (κ3) is 4.98. The maximum Gasteiger partial charge on any atom is 0.330 e. The Kier molecular flexibility index (Phi) is 8.13. The zero-order valence-corrected chi connectivity index (χ0v) is 13.7. The molecule has 0 radical (unpaired) electrons. The van der Waals surface area contributed by atoms with E-state index in [0.29, 0.717) is 5.75 Å². The number of carbonyl (C=O) groups is 1. The molecular formula is C13H14F5NO2S2. The van der Waals surface area contributed by atoms with E-state index in [1.54, 1.807) is 0 Å². The summed E-state index contributed by atoms with van der Waals surface area (Å²) in [5, 5.41) is 0. The minimum Gasteiger partial charge on any atom is -0.419 e. The van der Waals surface area contributed by atoms with Crippen molar-refractivity contribution in [2.45, 2.75) is 25.8 Å². The third-order valence-corrected chi connectivity index (χ3v) is 3.97. The fraction of sp³-hybridized carbons (Fsp3) is 0.462. The summed E-state index contributed by atoms with van der Waals surface area (Å²) in [4.78, 5) is 11.8. The molecule has 0 bridgehead atoms. The molecule has 1 aromatic rings. The van der Waals surface area contributed by atoms with Crippen molar-refractivity contribution < 1.29 is 31.5 Å². The largest absolute Gasteiger partial charge is 0.419 e. The Morgan fingerprint density at radius 2 is 1.65 bits per heavy atom. The maximum atomic E-state index is 13.4. The molecule has 0 spiro atoms. The molecule has 10 heteroatoms. The normalized spacial score (nSPS) is 12.3. The highest BCUT2D eigenvalue weighted by molar-refractivity contribution is 7.97. The molecule has 0 aliphatic heterocycles. The molecule has 1 atom stereocenters. The molecule has 0 amide bonds. The number of ether oxygens (including phenoxy) is 1. The summed E-state index contributed by atoms with van der Waals surface area (Å²) >= 11 is 5.05. The average molecular weight is 375 g/mol. The summed E-state index contributed by atoms with van der Waals surface area (Å²) in [7, 11) is 0. The summed E-state index contributed by atoms with van der Waals surface area (Å²) in [6, 6.07) is -1.07. The van der Waals surface area contributed by atoms with E-state index < -0.39 is 46.8 Å². The molecule has 1 aromatic carbocycles. The van der Waals surface area contributed by atoms with Crippen LogP contribution in [0.25, 0.3) is 0 Å². The molecule has 0 fully saturated rings. The minimum absolute atomic E-state index is 0.0899. The number of esters is 1. The first kappa shape index (κ1) is 20.0. The molecule has 130 valence electrons. The van der Waals surface area contributed by atoms with Gasteiger partial charge in [-0.25, -0.2) is 22.7 Å². The Hall–Kier alpha value is -1.00. The predicted octanol–water partition coefficient (Wildman–Crippen LogP) is 3.62. The monoisotopic (exact) mass is 375 g/mol. The van der Waals surface area contributed by atoms with E-state index >= 15 is 0 Å². The van der Waals surface area contributed by atoms with Gasteiger partial charge >= 0.3 is 5.97 Å². The standard InChI is InChI=1S/C13H14F5NO2S2/c1-2-3-4-23-19-6(5-22)13(20)21-12-10(17)8(15)7(14)9(16)11(12)18/h6,19,22H,2-5H2,1H3/t6-/m0/s1. The molecule has 1 rings (SSSR count). The van der Waals surface area contributed by atoms with Crippen molar-refractivity contribution in [3.05, 3.63) is 29.1 Å². The highest BCUT2D eigenvalue weighted by atomic mass is 32.2. The highest BCUT2D eigenvalue weighted by Crippen LogP contribution is 2.29. The van der Waals surface area contributed by atoms with Crippen LogP contribution < -0.4 is 9.46 Å². The molecule has 0 aliphatic carbocycles. The van der Waals surface area contributed by atoms with Gasteiger partial charge in [0.2, 0.25) is 34.8 Å². The fourth-order valence-corrected chi connectivity index (χ4v) is 2.68. The molecule has 23 heavy (non-hydrogen) atoms. The van der Waals surface area contributed by atoms with Gasteiger partial charge in [0.25, 0.3) is 0 Å². The van der Waals surface area contributed by atoms with Gasteiger partial charge in [0, 0.05) is 11.5 Å². The van der Waals surface area contributed by atoms with Crippen LogP contribution in [-0.2, 0) is 4.79 Å². The van der Waals surface area contributed by atoms with Gasteiger partial charge in [-0.2, -0.15) is 21.4 Å². The van der Waals surface area contributed by atoms with E-state index in [0.717, 1.165) is 12.8 Å². The molecule has 0 saturated carbocycles. The molecule has 1 N–H and O–H groups in total. The van der Waals surface area contributed by atoms with Crippen molar-refractivity contribution in [2.24, 2.45) is 0 Å². The minimum atomic E-state index is -2.32. The van der Waals surface area contributed by atoms with Gasteiger partial charge in [0.15, 0.2) is 0 Å². The highest BCUT2D eigenvalue weighted by Gasteiger charge is 2.30. The molecule has 0 heterocycles.